The molecule has 0 heterocycles. The summed E-state index contributed by atoms with van der Waals surface area (Å²) in [6.07, 6.45) is 1.50. The largest absolute Gasteiger partial charge is 0.412 e. The quantitative estimate of drug-likeness (QED) is 0.464. The number of hydrogen-bond donors (Lipinski definition) is 1. The van der Waals surface area contributed by atoms with E-state index >= 15 is 0 Å². The highest BCUT2D eigenvalue weighted by Crippen LogP contribution is 2.07. The lowest BCUT2D eigenvalue weighted by molar-refractivity contribution is 0.200. The second-order valence-electron chi connectivity index (χ2n) is 2.96. The molecule has 1 rings (SSSR count). The Bertz CT molecular complexity index is 372. The van der Waals surface area contributed by atoms with Crippen molar-refractivity contribution >= 4 is 12.2 Å². The maximum atomic E-state index is 11.2. The number of ether oxygens (including phenoxy) is 1. The van der Waals surface area contributed by atoms with Gasteiger partial charge in [0.15, 0.2) is 0 Å². The summed E-state index contributed by atoms with van der Waals surface area (Å²) in [5, 5.41) is 2.54. The van der Waals surface area contributed by atoms with Gasteiger partial charge in [-0.3, -0.25) is 0 Å². The van der Waals surface area contributed by atoms with Crippen LogP contribution in [0.25, 0.3) is 0 Å². The van der Waals surface area contributed by atoms with Crippen LogP contribution in [0.3, 0.4) is 0 Å². The van der Waals surface area contributed by atoms with Crippen molar-refractivity contribution in [2.75, 3.05) is 13.1 Å². The van der Waals surface area contributed by atoms with Gasteiger partial charge in [0.2, 0.25) is 6.08 Å². The molecule has 0 aliphatic carbocycles. The molecular formula is C11H12N2O3. The van der Waals surface area contributed by atoms with Crippen LogP contribution in [0, 0.1) is 0 Å². The first kappa shape index (κ1) is 11.9. The van der Waals surface area contributed by atoms with E-state index in [0.717, 1.165) is 0 Å². The van der Waals surface area contributed by atoms with E-state index < -0.39 is 6.09 Å². The molecule has 0 spiro atoms. The number of hydrogen-bond acceptors (Lipinski definition) is 4. The van der Waals surface area contributed by atoms with Crippen LogP contribution in [0.5, 0.6) is 5.75 Å². The highest BCUT2D eigenvalue weighted by atomic mass is 16.5. The lowest BCUT2D eigenvalue weighted by atomic mass is 10.3. The molecule has 0 radical (unpaired) electrons. The molecule has 1 aromatic carbocycles. The van der Waals surface area contributed by atoms with Crippen molar-refractivity contribution in [3.63, 3.8) is 0 Å². The fourth-order valence-electron chi connectivity index (χ4n) is 1.03. The SMILES string of the molecule is O=C=NCCCNC(=O)Oc1ccccc1. The zero-order valence-corrected chi connectivity index (χ0v) is 8.68. The third kappa shape index (κ3) is 4.93. The van der Waals surface area contributed by atoms with Crippen LogP contribution < -0.4 is 10.1 Å². The van der Waals surface area contributed by atoms with E-state index in [1.54, 1.807) is 24.3 Å². The zero-order chi connectivity index (χ0) is 11.6. The number of nitrogens with one attached hydrogen (secondary N) is 1. The Morgan fingerprint density at radius 1 is 1.38 bits per heavy atom. The van der Waals surface area contributed by atoms with E-state index in [4.69, 9.17) is 4.74 Å². The number of benzene rings is 1. The van der Waals surface area contributed by atoms with Crippen molar-refractivity contribution in [1.29, 1.82) is 0 Å². The van der Waals surface area contributed by atoms with Crippen molar-refractivity contribution in [3.05, 3.63) is 30.3 Å². The summed E-state index contributed by atoms with van der Waals surface area (Å²) in [6.45, 7) is 0.770. The predicted octanol–water partition coefficient (Wildman–Crippen LogP) is 1.50. The monoisotopic (exact) mass is 220 g/mol. The number of isocyanates is 1. The predicted molar refractivity (Wildman–Crippen MR) is 58.1 cm³/mol. The molecule has 84 valence electrons. The summed E-state index contributed by atoms with van der Waals surface area (Å²) in [4.78, 5) is 24.3. The van der Waals surface area contributed by atoms with E-state index in [1.807, 2.05) is 6.07 Å². The number of rotatable bonds is 5. The van der Waals surface area contributed by atoms with Gasteiger partial charge in [-0.15, -0.1) is 0 Å². The number of carbonyl (C=O) groups excluding carboxylic acids is 2. The molecule has 0 bridgehead atoms. The normalized spacial score (nSPS) is 9.00. The number of carbonyl (C=O) groups is 1. The first-order valence-corrected chi connectivity index (χ1v) is 4.87. The van der Waals surface area contributed by atoms with Gasteiger partial charge in [0.05, 0.1) is 6.54 Å². The molecule has 0 saturated carbocycles. The van der Waals surface area contributed by atoms with Gasteiger partial charge in [-0.25, -0.2) is 14.6 Å². The Morgan fingerprint density at radius 2 is 2.12 bits per heavy atom. The lowest BCUT2D eigenvalue weighted by Gasteiger charge is -2.04. The summed E-state index contributed by atoms with van der Waals surface area (Å²) < 4.78 is 4.96. The van der Waals surface area contributed by atoms with Crippen LogP contribution in [-0.2, 0) is 4.79 Å². The maximum absolute atomic E-state index is 11.2. The molecule has 5 heteroatoms. The van der Waals surface area contributed by atoms with Gasteiger partial charge in [-0.1, -0.05) is 18.2 Å². The van der Waals surface area contributed by atoms with Crippen molar-refractivity contribution in [2.45, 2.75) is 6.42 Å². The number of para-hydroxylation sites is 1. The van der Waals surface area contributed by atoms with Crippen LogP contribution in [0.4, 0.5) is 4.79 Å². The van der Waals surface area contributed by atoms with E-state index in [9.17, 15) is 9.59 Å². The van der Waals surface area contributed by atoms with Crippen LogP contribution in [0.2, 0.25) is 0 Å². The zero-order valence-electron chi connectivity index (χ0n) is 8.68. The van der Waals surface area contributed by atoms with Gasteiger partial charge < -0.3 is 10.1 Å². The highest BCUT2D eigenvalue weighted by Gasteiger charge is 2.01. The fraction of sp³-hybridized carbons (Fsp3) is 0.273. The molecule has 5 nitrogen and oxygen atoms in total. The summed E-state index contributed by atoms with van der Waals surface area (Å²) >= 11 is 0. The second-order valence-corrected chi connectivity index (χ2v) is 2.96. The molecule has 1 N–H and O–H groups in total. The summed E-state index contributed by atoms with van der Waals surface area (Å²) in [6, 6.07) is 8.78. The van der Waals surface area contributed by atoms with E-state index in [-0.39, 0.29) is 0 Å². The summed E-state index contributed by atoms with van der Waals surface area (Å²) in [5.41, 5.74) is 0. The molecule has 0 aliphatic rings. The minimum atomic E-state index is -0.513. The van der Waals surface area contributed by atoms with Gasteiger partial charge in [0.25, 0.3) is 0 Å². The van der Waals surface area contributed by atoms with E-state index in [0.29, 0.717) is 25.3 Å². The van der Waals surface area contributed by atoms with Gasteiger partial charge in [-0.05, 0) is 18.6 Å². The first-order valence-electron chi connectivity index (χ1n) is 4.87. The van der Waals surface area contributed by atoms with Gasteiger partial charge in [-0.2, -0.15) is 0 Å². The first-order chi connectivity index (χ1) is 7.83. The molecule has 0 atom stereocenters. The van der Waals surface area contributed by atoms with Gasteiger partial charge >= 0.3 is 6.09 Å². The minimum Gasteiger partial charge on any atom is -0.410 e. The second kappa shape index (κ2) is 7.20. The average Bonchev–Trinajstić information content (AvgIpc) is 2.30. The Hall–Kier alpha value is -2.13. The molecule has 1 aromatic rings. The van der Waals surface area contributed by atoms with Crippen LogP contribution in [-0.4, -0.2) is 25.3 Å². The number of amides is 1. The third-order valence-corrected chi connectivity index (χ3v) is 1.73. The standard InChI is InChI=1S/C11H12N2O3/c14-9-12-7-4-8-13-11(15)16-10-5-2-1-3-6-10/h1-3,5-6H,4,7-8H2,(H,13,15). The number of nitrogens with zero attached hydrogens (tertiary/aromatic N) is 1. The van der Waals surface area contributed by atoms with Crippen molar-refractivity contribution in [2.24, 2.45) is 4.99 Å². The lowest BCUT2D eigenvalue weighted by Crippen LogP contribution is -2.28. The molecule has 0 saturated heterocycles. The van der Waals surface area contributed by atoms with Crippen LogP contribution >= 0.6 is 0 Å². The van der Waals surface area contributed by atoms with Crippen molar-refractivity contribution in [3.8, 4) is 5.75 Å². The Labute approximate surface area is 93.1 Å². The highest BCUT2D eigenvalue weighted by molar-refractivity contribution is 5.70. The Kier molecular flexibility index (Phi) is 5.37. The molecular weight excluding hydrogens is 208 g/mol. The van der Waals surface area contributed by atoms with Crippen molar-refractivity contribution in [1.82, 2.24) is 5.32 Å². The van der Waals surface area contributed by atoms with Gasteiger partial charge in [0.1, 0.15) is 5.75 Å². The molecule has 16 heavy (non-hydrogen) atoms. The fourth-order valence-corrected chi connectivity index (χ4v) is 1.03. The van der Waals surface area contributed by atoms with Gasteiger partial charge in [0, 0.05) is 6.54 Å². The van der Waals surface area contributed by atoms with Crippen molar-refractivity contribution < 1.29 is 14.3 Å². The molecule has 0 fully saturated rings. The topological polar surface area (TPSA) is 67.8 Å². The van der Waals surface area contributed by atoms with E-state index in [1.165, 1.54) is 6.08 Å². The Morgan fingerprint density at radius 3 is 2.81 bits per heavy atom. The molecule has 0 aliphatic heterocycles. The Balaban J connectivity index is 2.19. The van der Waals surface area contributed by atoms with Crippen LogP contribution in [0.1, 0.15) is 6.42 Å². The number of aliphatic imine (C=N–C) groups is 1. The summed E-state index contributed by atoms with van der Waals surface area (Å²) in [7, 11) is 0. The molecule has 1 amide bonds. The molecule has 0 aromatic heterocycles. The summed E-state index contributed by atoms with van der Waals surface area (Å²) in [5.74, 6) is 0.492. The molecule has 0 unspecified atom stereocenters. The van der Waals surface area contributed by atoms with E-state index in [2.05, 4.69) is 10.3 Å². The smallest absolute Gasteiger partial charge is 0.410 e. The maximum Gasteiger partial charge on any atom is 0.412 e. The van der Waals surface area contributed by atoms with Crippen LogP contribution in [0.15, 0.2) is 35.3 Å². The minimum absolute atomic E-state index is 0.356. The third-order valence-electron chi connectivity index (χ3n) is 1.73. The average molecular weight is 220 g/mol.